The van der Waals surface area contributed by atoms with Crippen LogP contribution in [-0.4, -0.2) is 5.91 Å². The second kappa shape index (κ2) is 6.97. The number of benzene rings is 2. The van der Waals surface area contributed by atoms with E-state index in [-0.39, 0.29) is 5.56 Å². The van der Waals surface area contributed by atoms with Crippen LogP contribution >= 0.6 is 0 Å². The van der Waals surface area contributed by atoms with Gasteiger partial charge in [-0.1, -0.05) is 25.5 Å². The van der Waals surface area contributed by atoms with E-state index in [1.807, 2.05) is 24.3 Å². The van der Waals surface area contributed by atoms with Crippen molar-refractivity contribution >= 4 is 11.6 Å². The largest absolute Gasteiger partial charge is 0.322 e. The van der Waals surface area contributed by atoms with Crippen LogP contribution in [0, 0.1) is 11.6 Å². The first-order chi connectivity index (χ1) is 10.1. The molecule has 0 bridgehead atoms. The van der Waals surface area contributed by atoms with Crippen molar-refractivity contribution < 1.29 is 13.6 Å². The second-order valence-electron chi connectivity index (χ2n) is 4.88. The van der Waals surface area contributed by atoms with Crippen molar-refractivity contribution in [2.24, 2.45) is 0 Å². The molecule has 0 saturated carbocycles. The van der Waals surface area contributed by atoms with E-state index in [1.54, 1.807) is 0 Å². The van der Waals surface area contributed by atoms with Gasteiger partial charge in [0.15, 0.2) is 11.6 Å². The van der Waals surface area contributed by atoms with Crippen molar-refractivity contribution in [1.29, 1.82) is 0 Å². The van der Waals surface area contributed by atoms with Gasteiger partial charge in [-0.15, -0.1) is 0 Å². The molecular weight excluding hydrogens is 272 g/mol. The van der Waals surface area contributed by atoms with Gasteiger partial charge >= 0.3 is 0 Å². The molecule has 0 heterocycles. The molecule has 110 valence electrons. The molecule has 2 rings (SSSR count). The quantitative estimate of drug-likeness (QED) is 0.859. The Hall–Kier alpha value is -2.23. The Morgan fingerprint density at radius 3 is 2.38 bits per heavy atom. The van der Waals surface area contributed by atoms with Crippen LogP contribution in [0.3, 0.4) is 0 Å². The van der Waals surface area contributed by atoms with Crippen LogP contribution in [0.1, 0.15) is 35.7 Å². The van der Waals surface area contributed by atoms with Crippen molar-refractivity contribution in [2.75, 3.05) is 5.32 Å². The molecule has 0 fully saturated rings. The number of carbonyl (C=O) groups is 1. The van der Waals surface area contributed by atoms with E-state index in [4.69, 9.17) is 0 Å². The Morgan fingerprint density at radius 2 is 1.76 bits per heavy atom. The first kappa shape index (κ1) is 15.2. The highest BCUT2D eigenvalue weighted by atomic mass is 19.2. The lowest BCUT2D eigenvalue weighted by Gasteiger charge is -2.07. The number of unbranched alkanes of at least 4 members (excludes halogenated alkanes) is 1. The van der Waals surface area contributed by atoms with Gasteiger partial charge in [0.25, 0.3) is 5.91 Å². The average molecular weight is 289 g/mol. The number of nitrogens with one attached hydrogen (secondary N) is 1. The first-order valence-corrected chi connectivity index (χ1v) is 6.95. The predicted octanol–water partition coefficient (Wildman–Crippen LogP) is 4.56. The number of halogens is 2. The molecule has 2 aromatic carbocycles. The monoisotopic (exact) mass is 289 g/mol. The molecule has 0 atom stereocenters. The zero-order valence-electron chi connectivity index (χ0n) is 11.8. The van der Waals surface area contributed by atoms with Crippen molar-refractivity contribution in [1.82, 2.24) is 0 Å². The van der Waals surface area contributed by atoms with Crippen LogP contribution in [0.5, 0.6) is 0 Å². The Kier molecular flexibility index (Phi) is 5.04. The van der Waals surface area contributed by atoms with Gasteiger partial charge in [0.05, 0.1) is 0 Å². The van der Waals surface area contributed by atoms with Crippen molar-refractivity contribution in [3.05, 3.63) is 65.2 Å². The summed E-state index contributed by atoms with van der Waals surface area (Å²) < 4.78 is 25.9. The summed E-state index contributed by atoms with van der Waals surface area (Å²) in [5.74, 6) is -2.46. The van der Waals surface area contributed by atoms with E-state index < -0.39 is 17.5 Å². The zero-order valence-corrected chi connectivity index (χ0v) is 11.8. The number of carbonyl (C=O) groups excluding carboxylic acids is 1. The fourth-order valence-corrected chi connectivity index (χ4v) is 1.98. The maximum Gasteiger partial charge on any atom is 0.255 e. The third-order valence-corrected chi connectivity index (χ3v) is 3.21. The molecule has 1 N–H and O–H groups in total. The lowest BCUT2D eigenvalue weighted by atomic mass is 10.1. The van der Waals surface area contributed by atoms with Gasteiger partial charge in [0, 0.05) is 11.3 Å². The Balaban J connectivity index is 2.03. The molecule has 0 aliphatic heterocycles. The topological polar surface area (TPSA) is 29.1 Å². The van der Waals surface area contributed by atoms with Gasteiger partial charge in [-0.25, -0.2) is 8.78 Å². The van der Waals surface area contributed by atoms with E-state index in [0.29, 0.717) is 5.69 Å². The molecule has 2 nitrogen and oxygen atoms in total. The minimum absolute atomic E-state index is 0.0870. The minimum Gasteiger partial charge on any atom is -0.322 e. The van der Waals surface area contributed by atoms with Crippen molar-refractivity contribution in [3.63, 3.8) is 0 Å². The molecule has 21 heavy (non-hydrogen) atoms. The Morgan fingerprint density at radius 1 is 1.05 bits per heavy atom. The molecule has 0 saturated heterocycles. The summed E-state index contributed by atoms with van der Waals surface area (Å²) in [6.07, 6.45) is 3.27. The number of hydrogen-bond acceptors (Lipinski definition) is 1. The molecule has 0 radical (unpaired) electrons. The van der Waals surface area contributed by atoms with Crippen LogP contribution in [0.25, 0.3) is 0 Å². The molecule has 1 amide bonds. The molecule has 0 aliphatic carbocycles. The van der Waals surface area contributed by atoms with Gasteiger partial charge in [0.2, 0.25) is 0 Å². The predicted molar refractivity (Wildman–Crippen MR) is 79.4 cm³/mol. The number of rotatable bonds is 5. The van der Waals surface area contributed by atoms with Crippen LogP contribution in [0.4, 0.5) is 14.5 Å². The Bertz CT molecular complexity index is 623. The van der Waals surface area contributed by atoms with Crippen molar-refractivity contribution in [2.45, 2.75) is 26.2 Å². The first-order valence-electron chi connectivity index (χ1n) is 6.95. The maximum atomic E-state index is 13.1. The number of hydrogen-bond donors (Lipinski definition) is 1. The highest BCUT2D eigenvalue weighted by molar-refractivity contribution is 6.04. The Labute approximate surface area is 122 Å². The van der Waals surface area contributed by atoms with Gasteiger partial charge in [0.1, 0.15) is 0 Å². The fourth-order valence-electron chi connectivity index (χ4n) is 1.98. The third-order valence-electron chi connectivity index (χ3n) is 3.21. The van der Waals surface area contributed by atoms with Gasteiger partial charge in [-0.2, -0.15) is 0 Å². The SMILES string of the molecule is CCCCc1ccc(NC(=O)c2ccc(F)c(F)c2)cc1. The molecule has 0 spiro atoms. The highest BCUT2D eigenvalue weighted by Crippen LogP contribution is 2.14. The number of aryl methyl sites for hydroxylation is 1. The molecule has 2 aromatic rings. The summed E-state index contributed by atoms with van der Waals surface area (Å²) in [6, 6.07) is 10.6. The van der Waals surface area contributed by atoms with Gasteiger partial charge < -0.3 is 5.32 Å². The average Bonchev–Trinajstić information content (AvgIpc) is 2.49. The van der Waals surface area contributed by atoms with E-state index in [9.17, 15) is 13.6 Å². The summed E-state index contributed by atoms with van der Waals surface area (Å²) in [5.41, 5.74) is 1.93. The second-order valence-corrected chi connectivity index (χ2v) is 4.88. The molecule has 0 aromatic heterocycles. The van der Waals surface area contributed by atoms with E-state index >= 15 is 0 Å². The minimum atomic E-state index is -1.03. The number of amides is 1. The van der Waals surface area contributed by atoms with Crippen LogP contribution in [0.2, 0.25) is 0 Å². The lowest BCUT2D eigenvalue weighted by Crippen LogP contribution is -2.12. The maximum absolute atomic E-state index is 13.1. The fraction of sp³-hybridized carbons (Fsp3) is 0.235. The summed E-state index contributed by atoms with van der Waals surface area (Å²) >= 11 is 0. The highest BCUT2D eigenvalue weighted by Gasteiger charge is 2.09. The number of anilines is 1. The van der Waals surface area contributed by atoms with Gasteiger partial charge in [-0.3, -0.25) is 4.79 Å². The zero-order chi connectivity index (χ0) is 15.2. The summed E-state index contributed by atoms with van der Waals surface area (Å²) in [7, 11) is 0. The van der Waals surface area contributed by atoms with E-state index in [1.165, 1.54) is 11.6 Å². The summed E-state index contributed by atoms with van der Waals surface area (Å²) in [6.45, 7) is 2.14. The van der Waals surface area contributed by atoms with Crippen LogP contribution in [0.15, 0.2) is 42.5 Å². The van der Waals surface area contributed by atoms with Crippen LogP contribution < -0.4 is 5.32 Å². The summed E-state index contributed by atoms with van der Waals surface area (Å²) in [4.78, 5) is 11.9. The van der Waals surface area contributed by atoms with E-state index in [2.05, 4.69) is 12.2 Å². The lowest BCUT2D eigenvalue weighted by molar-refractivity contribution is 0.102. The van der Waals surface area contributed by atoms with Crippen LogP contribution in [-0.2, 0) is 6.42 Å². The summed E-state index contributed by atoms with van der Waals surface area (Å²) in [5, 5.41) is 2.66. The molecule has 0 aliphatic rings. The van der Waals surface area contributed by atoms with E-state index in [0.717, 1.165) is 31.4 Å². The van der Waals surface area contributed by atoms with Gasteiger partial charge in [-0.05, 0) is 48.7 Å². The smallest absolute Gasteiger partial charge is 0.255 e. The third kappa shape index (κ3) is 4.12. The van der Waals surface area contributed by atoms with Crippen molar-refractivity contribution in [3.8, 4) is 0 Å². The normalized spacial score (nSPS) is 10.4. The molecule has 0 unspecified atom stereocenters. The standard InChI is InChI=1S/C17H17F2NO/c1-2-3-4-12-5-8-14(9-6-12)20-17(21)13-7-10-15(18)16(19)11-13/h5-11H,2-4H2,1H3,(H,20,21). The molecule has 4 heteroatoms. The molecular formula is C17H17F2NO.